The second-order valence-electron chi connectivity index (χ2n) is 3.43. The fraction of sp³-hybridized carbons (Fsp3) is 0.0833. The molecule has 0 saturated carbocycles. The molecule has 2 aromatic rings. The average Bonchev–Trinajstić information content (AvgIpc) is 2.34. The highest BCUT2D eigenvalue weighted by molar-refractivity contribution is 9.10. The highest BCUT2D eigenvalue weighted by Crippen LogP contribution is 2.27. The van der Waals surface area contributed by atoms with Crippen molar-refractivity contribution in [3.63, 3.8) is 0 Å². The first-order valence-electron chi connectivity index (χ1n) is 5.05. The quantitative estimate of drug-likeness (QED) is 0.888. The van der Waals surface area contributed by atoms with Gasteiger partial charge >= 0.3 is 0 Å². The molecule has 1 heterocycles. The fourth-order valence-electron chi connectivity index (χ4n) is 1.39. The van der Waals surface area contributed by atoms with Crippen LogP contribution in [0.15, 0.2) is 41.0 Å². The molecule has 2 rings (SSSR count). The Balaban J connectivity index is 2.22. The maximum Gasteiger partial charge on any atom is 0.127 e. The van der Waals surface area contributed by atoms with Gasteiger partial charge in [-0.1, -0.05) is 11.6 Å². The van der Waals surface area contributed by atoms with Gasteiger partial charge in [-0.2, -0.15) is 0 Å². The first-order valence-corrected chi connectivity index (χ1v) is 6.22. The molecule has 0 aliphatic carbocycles. The molecule has 5 heteroatoms. The van der Waals surface area contributed by atoms with Crippen LogP contribution < -0.4 is 10.6 Å². The molecular weight excluding hydrogens is 302 g/mol. The zero-order valence-corrected chi connectivity index (χ0v) is 11.5. The topological polar surface area (TPSA) is 37.0 Å². The van der Waals surface area contributed by atoms with Gasteiger partial charge in [0, 0.05) is 35.2 Å². The Bertz CT molecular complexity index is 531. The summed E-state index contributed by atoms with van der Waals surface area (Å²) in [5.41, 5.74) is 1.94. The monoisotopic (exact) mass is 311 g/mol. The summed E-state index contributed by atoms with van der Waals surface area (Å²) < 4.78 is 0.868. The summed E-state index contributed by atoms with van der Waals surface area (Å²) in [5.74, 6) is 0.822. The fourth-order valence-corrected chi connectivity index (χ4v) is 1.88. The molecule has 0 amide bonds. The molecule has 17 heavy (non-hydrogen) atoms. The third-order valence-electron chi connectivity index (χ3n) is 2.22. The van der Waals surface area contributed by atoms with Crippen molar-refractivity contribution in [3.05, 3.63) is 46.0 Å². The maximum atomic E-state index is 5.94. The maximum absolute atomic E-state index is 5.94. The van der Waals surface area contributed by atoms with Gasteiger partial charge in [-0.25, -0.2) is 4.98 Å². The highest BCUT2D eigenvalue weighted by atomic mass is 79.9. The zero-order valence-electron chi connectivity index (χ0n) is 9.17. The lowest BCUT2D eigenvalue weighted by Crippen LogP contribution is -1.95. The Kier molecular flexibility index (Phi) is 3.86. The number of nitrogens with zero attached hydrogens (tertiary/aromatic N) is 1. The zero-order chi connectivity index (χ0) is 12.3. The van der Waals surface area contributed by atoms with Gasteiger partial charge in [-0.15, -0.1) is 0 Å². The van der Waals surface area contributed by atoms with E-state index < -0.39 is 0 Å². The minimum atomic E-state index is 0.696. The predicted molar refractivity (Wildman–Crippen MR) is 76.2 cm³/mol. The van der Waals surface area contributed by atoms with E-state index in [4.69, 9.17) is 11.6 Å². The van der Waals surface area contributed by atoms with Crippen molar-refractivity contribution in [1.82, 2.24) is 4.98 Å². The molecular formula is C12H11BrClN3. The number of hydrogen-bond acceptors (Lipinski definition) is 3. The lowest BCUT2D eigenvalue weighted by molar-refractivity contribution is 1.28. The summed E-state index contributed by atoms with van der Waals surface area (Å²) in [4.78, 5) is 4.15. The molecule has 0 saturated heterocycles. The lowest BCUT2D eigenvalue weighted by Gasteiger charge is -2.08. The van der Waals surface area contributed by atoms with Crippen LogP contribution in [-0.2, 0) is 0 Å². The summed E-state index contributed by atoms with van der Waals surface area (Å²) in [6.45, 7) is 0. The Morgan fingerprint density at radius 1 is 1.18 bits per heavy atom. The van der Waals surface area contributed by atoms with E-state index in [1.165, 1.54) is 0 Å². The molecule has 0 bridgehead atoms. The van der Waals surface area contributed by atoms with Crippen LogP contribution in [0.3, 0.4) is 0 Å². The molecule has 0 spiro atoms. The highest BCUT2D eigenvalue weighted by Gasteiger charge is 2.00. The van der Waals surface area contributed by atoms with Crippen LogP contribution in [0.2, 0.25) is 5.02 Å². The van der Waals surface area contributed by atoms with E-state index in [9.17, 15) is 0 Å². The number of halogens is 2. The van der Waals surface area contributed by atoms with Crippen molar-refractivity contribution in [1.29, 1.82) is 0 Å². The van der Waals surface area contributed by atoms with E-state index in [0.29, 0.717) is 5.02 Å². The summed E-state index contributed by atoms with van der Waals surface area (Å²) in [7, 11) is 1.84. The van der Waals surface area contributed by atoms with Gasteiger partial charge in [0.25, 0.3) is 0 Å². The number of benzene rings is 1. The van der Waals surface area contributed by atoms with E-state index in [2.05, 4.69) is 31.5 Å². The summed E-state index contributed by atoms with van der Waals surface area (Å²) in [5, 5.41) is 6.97. The second kappa shape index (κ2) is 5.38. The van der Waals surface area contributed by atoms with Crippen molar-refractivity contribution in [2.75, 3.05) is 17.7 Å². The van der Waals surface area contributed by atoms with Crippen molar-refractivity contribution < 1.29 is 0 Å². The van der Waals surface area contributed by atoms with Gasteiger partial charge in [-0.05, 0) is 40.2 Å². The third-order valence-corrected chi connectivity index (χ3v) is 3.44. The molecule has 0 fully saturated rings. The Morgan fingerprint density at radius 2 is 1.94 bits per heavy atom. The standard InChI is InChI=1S/C12H11BrClN3/c1-15-12-7-9(4-5-16-12)17-8-2-3-11(14)10(13)6-8/h2-7H,1H3,(H2,15,16,17). The van der Waals surface area contributed by atoms with Gasteiger partial charge in [0.15, 0.2) is 0 Å². The van der Waals surface area contributed by atoms with E-state index in [-0.39, 0.29) is 0 Å². The number of nitrogens with one attached hydrogen (secondary N) is 2. The number of rotatable bonds is 3. The number of hydrogen-bond donors (Lipinski definition) is 2. The van der Waals surface area contributed by atoms with Gasteiger partial charge in [0.2, 0.25) is 0 Å². The Morgan fingerprint density at radius 3 is 2.65 bits per heavy atom. The molecule has 2 N–H and O–H groups in total. The van der Waals surface area contributed by atoms with Crippen LogP contribution >= 0.6 is 27.5 Å². The average molecular weight is 313 g/mol. The van der Waals surface area contributed by atoms with Crippen LogP contribution in [0, 0.1) is 0 Å². The first kappa shape index (κ1) is 12.2. The minimum absolute atomic E-state index is 0.696. The van der Waals surface area contributed by atoms with Crippen LogP contribution in [0.1, 0.15) is 0 Å². The van der Waals surface area contributed by atoms with Crippen molar-refractivity contribution in [2.24, 2.45) is 0 Å². The van der Waals surface area contributed by atoms with Gasteiger partial charge in [0.05, 0.1) is 5.02 Å². The lowest BCUT2D eigenvalue weighted by atomic mass is 10.3. The van der Waals surface area contributed by atoms with Crippen LogP contribution in [0.25, 0.3) is 0 Å². The molecule has 0 aliphatic rings. The second-order valence-corrected chi connectivity index (χ2v) is 4.70. The van der Waals surface area contributed by atoms with Crippen LogP contribution in [0.4, 0.5) is 17.2 Å². The van der Waals surface area contributed by atoms with E-state index in [1.807, 2.05) is 37.4 Å². The van der Waals surface area contributed by atoms with Crippen LogP contribution in [-0.4, -0.2) is 12.0 Å². The van der Waals surface area contributed by atoms with Crippen molar-refractivity contribution >= 4 is 44.7 Å². The number of pyridine rings is 1. The Labute approximate surface area is 113 Å². The SMILES string of the molecule is CNc1cc(Nc2ccc(Cl)c(Br)c2)ccn1. The summed E-state index contributed by atoms with van der Waals surface area (Å²) in [6, 6.07) is 9.54. The van der Waals surface area contributed by atoms with Crippen molar-refractivity contribution in [2.45, 2.75) is 0 Å². The number of anilines is 3. The molecule has 0 radical (unpaired) electrons. The molecule has 0 atom stereocenters. The first-order chi connectivity index (χ1) is 8.19. The van der Waals surface area contributed by atoms with E-state index >= 15 is 0 Å². The third kappa shape index (κ3) is 3.11. The minimum Gasteiger partial charge on any atom is -0.373 e. The van der Waals surface area contributed by atoms with E-state index in [0.717, 1.165) is 21.7 Å². The normalized spacial score (nSPS) is 10.1. The summed E-state index contributed by atoms with van der Waals surface area (Å²) in [6.07, 6.45) is 1.75. The largest absolute Gasteiger partial charge is 0.373 e. The smallest absolute Gasteiger partial charge is 0.127 e. The van der Waals surface area contributed by atoms with Gasteiger partial charge in [-0.3, -0.25) is 0 Å². The predicted octanol–water partition coefficient (Wildman–Crippen LogP) is 4.28. The molecule has 0 aliphatic heterocycles. The molecule has 1 aromatic heterocycles. The molecule has 88 valence electrons. The van der Waals surface area contributed by atoms with Crippen LogP contribution in [0.5, 0.6) is 0 Å². The van der Waals surface area contributed by atoms with Gasteiger partial charge in [0.1, 0.15) is 5.82 Å². The van der Waals surface area contributed by atoms with Crippen molar-refractivity contribution in [3.8, 4) is 0 Å². The molecule has 1 aromatic carbocycles. The van der Waals surface area contributed by atoms with E-state index in [1.54, 1.807) is 6.20 Å². The molecule has 3 nitrogen and oxygen atoms in total. The summed E-state index contributed by atoms with van der Waals surface area (Å²) >= 11 is 9.33. The molecule has 0 unspecified atom stereocenters. The Hall–Kier alpha value is -1.26. The van der Waals surface area contributed by atoms with Gasteiger partial charge < -0.3 is 10.6 Å². The number of aromatic nitrogens is 1.